The van der Waals surface area contributed by atoms with Gasteiger partial charge in [0, 0.05) is 30.4 Å². The molecule has 0 aliphatic carbocycles. The summed E-state index contributed by atoms with van der Waals surface area (Å²) in [6.45, 7) is 1.15. The largest absolute Gasteiger partial charge is 0.379 e. The van der Waals surface area contributed by atoms with Gasteiger partial charge in [0.25, 0.3) is 5.91 Å². The van der Waals surface area contributed by atoms with Crippen molar-refractivity contribution < 1.29 is 4.79 Å². The van der Waals surface area contributed by atoms with Crippen molar-refractivity contribution in [2.24, 2.45) is 0 Å². The summed E-state index contributed by atoms with van der Waals surface area (Å²) < 4.78 is 0.517. The van der Waals surface area contributed by atoms with Crippen LogP contribution in [0.25, 0.3) is 0 Å². The first-order valence-electron chi connectivity index (χ1n) is 7.86. The monoisotopic (exact) mass is 371 g/mol. The van der Waals surface area contributed by atoms with Crippen molar-refractivity contribution in [1.82, 2.24) is 9.88 Å². The van der Waals surface area contributed by atoms with E-state index in [4.69, 9.17) is 11.6 Å². The van der Waals surface area contributed by atoms with E-state index in [0.717, 1.165) is 16.1 Å². The maximum Gasteiger partial charge on any atom is 0.255 e. The molecule has 0 aliphatic heterocycles. The number of rotatable bonds is 6. The van der Waals surface area contributed by atoms with E-state index in [1.165, 1.54) is 11.3 Å². The number of nitrogens with one attached hydrogen (secondary N) is 1. The van der Waals surface area contributed by atoms with E-state index >= 15 is 0 Å². The lowest BCUT2D eigenvalue weighted by Crippen LogP contribution is -2.27. The summed E-state index contributed by atoms with van der Waals surface area (Å²) >= 11 is 7.29. The fourth-order valence-corrected chi connectivity index (χ4v) is 3.42. The van der Waals surface area contributed by atoms with Gasteiger partial charge in [-0.05, 0) is 17.7 Å². The average Bonchev–Trinajstić information content (AvgIpc) is 3.06. The lowest BCUT2D eigenvalue weighted by atomic mass is 10.1. The molecule has 0 saturated heterocycles. The van der Waals surface area contributed by atoms with Crippen molar-refractivity contribution >= 4 is 34.5 Å². The van der Waals surface area contributed by atoms with E-state index in [-0.39, 0.29) is 5.91 Å². The van der Waals surface area contributed by atoms with Crippen LogP contribution in [0.5, 0.6) is 0 Å². The van der Waals surface area contributed by atoms with Crippen molar-refractivity contribution in [3.63, 3.8) is 0 Å². The standard InChI is InChI=1S/C19H18ClN3OS/c1-23(13-14-7-3-2-4-8-14)18(24)16-9-5-6-10-17(16)21-11-15-12-22-19(20)25-15/h2-10,12,21H,11,13H2,1H3. The lowest BCUT2D eigenvalue weighted by molar-refractivity contribution is 0.0786. The highest BCUT2D eigenvalue weighted by atomic mass is 35.5. The number of para-hydroxylation sites is 1. The van der Waals surface area contributed by atoms with E-state index in [1.54, 1.807) is 11.1 Å². The molecule has 0 atom stereocenters. The van der Waals surface area contributed by atoms with Gasteiger partial charge in [-0.2, -0.15) is 0 Å². The predicted molar refractivity (Wildman–Crippen MR) is 103 cm³/mol. The third-order valence-electron chi connectivity index (χ3n) is 3.75. The van der Waals surface area contributed by atoms with Crippen LogP contribution in [0.3, 0.4) is 0 Å². The maximum absolute atomic E-state index is 12.8. The van der Waals surface area contributed by atoms with Crippen molar-refractivity contribution in [3.8, 4) is 0 Å². The summed E-state index contributed by atoms with van der Waals surface area (Å²) in [5.74, 6) is -0.0192. The number of carbonyl (C=O) groups is 1. The number of aromatic nitrogens is 1. The van der Waals surface area contributed by atoms with Crippen LogP contribution in [0.4, 0.5) is 5.69 Å². The maximum atomic E-state index is 12.8. The summed E-state index contributed by atoms with van der Waals surface area (Å²) in [6, 6.07) is 17.5. The Morgan fingerprint density at radius 2 is 1.88 bits per heavy atom. The minimum Gasteiger partial charge on any atom is -0.379 e. The van der Waals surface area contributed by atoms with E-state index in [1.807, 2.05) is 61.6 Å². The first kappa shape index (κ1) is 17.5. The second kappa shape index (κ2) is 8.14. The van der Waals surface area contributed by atoms with Gasteiger partial charge in [-0.1, -0.05) is 54.1 Å². The highest BCUT2D eigenvalue weighted by Gasteiger charge is 2.16. The highest BCUT2D eigenvalue weighted by molar-refractivity contribution is 7.15. The molecule has 3 rings (SSSR count). The van der Waals surface area contributed by atoms with Crippen molar-refractivity contribution in [3.05, 3.63) is 81.3 Å². The van der Waals surface area contributed by atoms with Crippen LogP contribution in [0, 0.1) is 0 Å². The second-order valence-corrected chi connectivity index (χ2v) is 7.32. The zero-order valence-corrected chi connectivity index (χ0v) is 15.3. The first-order valence-corrected chi connectivity index (χ1v) is 9.05. The quantitative estimate of drug-likeness (QED) is 0.684. The molecular weight excluding hydrogens is 354 g/mol. The Morgan fingerprint density at radius 3 is 2.60 bits per heavy atom. The second-order valence-electron chi connectivity index (χ2n) is 5.63. The molecule has 0 aliphatic rings. The molecule has 0 radical (unpaired) electrons. The number of benzene rings is 2. The topological polar surface area (TPSA) is 45.2 Å². The molecular formula is C19H18ClN3OS. The molecule has 1 amide bonds. The minimum atomic E-state index is -0.0192. The SMILES string of the molecule is CN(Cc1ccccc1)C(=O)c1ccccc1NCc1cnc(Cl)s1. The smallest absolute Gasteiger partial charge is 0.255 e. The van der Waals surface area contributed by atoms with E-state index in [0.29, 0.717) is 23.1 Å². The summed E-state index contributed by atoms with van der Waals surface area (Å²) in [5.41, 5.74) is 2.55. The van der Waals surface area contributed by atoms with Crippen molar-refractivity contribution in [2.75, 3.05) is 12.4 Å². The Bertz CT molecular complexity index is 851. The molecule has 0 bridgehead atoms. The van der Waals surface area contributed by atoms with Gasteiger partial charge in [-0.15, -0.1) is 11.3 Å². The van der Waals surface area contributed by atoms with Crippen molar-refractivity contribution in [2.45, 2.75) is 13.1 Å². The number of halogens is 1. The first-order chi connectivity index (χ1) is 12.1. The van der Waals surface area contributed by atoms with Gasteiger partial charge in [0.2, 0.25) is 0 Å². The van der Waals surface area contributed by atoms with Gasteiger partial charge >= 0.3 is 0 Å². The molecule has 0 fully saturated rings. The summed E-state index contributed by atoms with van der Waals surface area (Å²) in [4.78, 5) is 19.6. The molecule has 4 nitrogen and oxygen atoms in total. The van der Waals surface area contributed by atoms with E-state index in [9.17, 15) is 4.79 Å². The summed E-state index contributed by atoms with van der Waals surface area (Å²) in [6.07, 6.45) is 1.74. The van der Waals surface area contributed by atoms with Crippen LogP contribution in [-0.2, 0) is 13.1 Å². The van der Waals surface area contributed by atoms with Gasteiger partial charge in [-0.3, -0.25) is 4.79 Å². The van der Waals surface area contributed by atoms with Gasteiger partial charge in [0.15, 0.2) is 4.47 Å². The van der Waals surface area contributed by atoms with Gasteiger partial charge in [0.1, 0.15) is 0 Å². The van der Waals surface area contributed by atoms with Gasteiger partial charge < -0.3 is 10.2 Å². The Kier molecular flexibility index (Phi) is 5.68. The summed E-state index contributed by atoms with van der Waals surface area (Å²) in [5, 5.41) is 3.31. The molecule has 6 heteroatoms. The fraction of sp³-hybridized carbons (Fsp3) is 0.158. The number of nitrogens with zero attached hydrogens (tertiary/aromatic N) is 2. The van der Waals surface area contributed by atoms with Crippen LogP contribution in [0.1, 0.15) is 20.8 Å². The number of carbonyl (C=O) groups excluding carboxylic acids is 1. The predicted octanol–water partition coefficient (Wildman–Crippen LogP) is 4.68. The van der Waals surface area contributed by atoms with Gasteiger partial charge in [-0.25, -0.2) is 4.98 Å². The molecule has 25 heavy (non-hydrogen) atoms. The number of hydrogen-bond donors (Lipinski definition) is 1. The molecule has 1 heterocycles. The molecule has 0 unspecified atom stereocenters. The van der Waals surface area contributed by atoms with Crippen LogP contribution in [0.2, 0.25) is 4.47 Å². The zero-order chi connectivity index (χ0) is 17.6. The Labute approximate surface area is 156 Å². The van der Waals surface area contributed by atoms with Gasteiger partial charge in [0.05, 0.1) is 12.1 Å². The molecule has 0 spiro atoms. The number of anilines is 1. The molecule has 128 valence electrons. The highest BCUT2D eigenvalue weighted by Crippen LogP contribution is 2.22. The van der Waals surface area contributed by atoms with E-state index in [2.05, 4.69) is 10.3 Å². The molecule has 1 aromatic heterocycles. The fourth-order valence-electron chi connectivity index (χ4n) is 2.51. The molecule has 1 N–H and O–H groups in total. The molecule has 2 aromatic carbocycles. The minimum absolute atomic E-state index is 0.0192. The van der Waals surface area contributed by atoms with Crippen LogP contribution < -0.4 is 5.32 Å². The average molecular weight is 372 g/mol. The molecule has 3 aromatic rings. The van der Waals surface area contributed by atoms with Crippen LogP contribution in [0.15, 0.2) is 60.8 Å². The number of amides is 1. The lowest BCUT2D eigenvalue weighted by Gasteiger charge is -2.19. The third-order valence-corrected chi connectivity index (χ3v) is 4.86. The third kappa shape index (κ3) is 4.59. The molecule has 0 saturated carbocycles. The Balaban J connectivity index is 1.71. The van der Waals surface area contributed by atoms with Crippen LogP contribution in [-0.4, -0.2) is 22.8 Å². The van der Waals surface area contributed by atoms with Crippen molar-refractivity contribution in [1.29, 1.82) is 0 Å². The van der Waals surface area contributed by atoms with E-state index < -0.39 is 0 Å². The number of thiazole rings is 1. The Hall–Kier alpha value is -2.37. The summed E-state index contributed by atoms with van der Waals surface area (Å²) in [7, 11) is 1.81. The normalized spacial score (nSPS) is 10.5. The zero-order valence-electron chi connectivity index (χ0n) is 13.8. The Morgan fingerprint density at radius 1 is 1.16 bits per heavy atom. The number of hydrogen-bond acceptors (Lipinski definition) is 4. The van der Waals surface area contributed by atoms with Crippen LogP contribution >= 0.6 is 22.9 Å².